The molecule has 2 rings (SSSR count). The van der Waals surface area contributed by atoms with Gasteiger partial charge in [0.15, 0.2) is 0 Å². The van der Waals surface area contributed by atoms with Crippen LogP contribution in [0.25, 0.3) is 5.69 Å². The minimum atomic E-state index is -1.33. The van der Waals surface area contributed by atoms with Crippen molar-refractivity contribution in [3.8, 4) is 11.8 Å². The number of aromatic nitrogens is 2. The van der Waals surface area contributed by atoms with Crippen LogP contribution in [0.15, 0.2) is 27.9 Å². The molecule has 0 fully saturated rings. The van der Waals surface area contributed by atoms with E-state index in [9.17, 15) is 22.8 Å². The highest BCUT2D eigenvalue weighted by Gasteiger charge is 2.14. The number of hydrogen-bond donors (Lipinski definition) is 1. The molecule has 1 heterocycles. The average molecular weight is 267 g/mol. The molecule has 1 aromatic carbocycles. The number of halogens is 3. The molecule has 0 radical (unpaired) electrons. The van der Waals surface area contributed by atoms with Crippen LogP contribution in [0.4, 0.5) is 13.2 Å². The van der Waals surface area contributed by atoms with Gasteiger partial charge in [-0.3, -0.25) is 14.3 Å². The van der Waals surface area contributed by atoms with E-state index in [2.05, 4.69) is 0 Å². The normalized spacial score (nSPS) is 10.2. The van der Waals surface area contributed by atoms with Crippen LogP contribution in [0.3, 0.4) is 0 Å². The lowest BCUT2D eigenvalue weighted by Crippen LogP contribution is -2.30. The molecule has 2 aromatic rings. The molecule has 19 heavy (non-hydrogen) atoms. The predicted molar refractivity (Wildman–Crippen MR) is 57.2 cm³/mol. The number of nitrogens with one attached hydrogen (secondary N) is 1. The number of nitriles is 1. The van der Waals surface area contributed by atoms with Crippen molar-refractivity contribution in [3.63, 3.8) is 0 Å². The highest BCUT2D eigenvalue weighted by molar-refractivity contribution is 5.42. The van der Waals surface area contributed by atoms with Gasteiger partial charge in [-0.25, -0.2) is 13.6 Å². The van der Waals surface area contributed by atoms with Crippen LogP contribution in [0.5, 0.6) is 0 Å². The lowest BCUT2D eigenvalue weighted by molar-refractivity contribution is 0.567. The molecule has 0 amide bonds. The molecule has 0 aliphatic heterocycles. The maximum atomic E-state index is 13.6. The van der Waals surface area contributed by atoms with Gasteiger partial charge < -0.3 is 0 Å². The standard InChI is InChI=1S/C11H4F3N3O2/c12-6-2-9(7(13)1-5(6)3-15)17-4-8(14)10(18)16-11(17)19/h1-2,4H,(H,16,18,19). The van der Waals surface area contributed by atoms with Gasteiger partial charge in [-0.05, 0) is 6.07 Å². The van der Waals surface area contributed by atoms with Crippen LogP contribution in [0.2, 0.25) is 0 Å². The molecule has 5 nitrogen and oxygen atoms in total. The monoisotopic (exact) mass is 267 g/mol. The van der Waals surface area contributed by atoms with Crippen molar-refractivity contribution in [2.75, 3.05) is 0 Å². The average Bonchev–Trinajstić information content (AvgIpc) is 2.36. The Morgan fingerprint density at radius 3 is 2.42 bits per heavy atom. The summed E-state index contributed by atoms with van der Waals surface area (Å²) in [5, 5.41) is 8.51. The topological polar surface area (TPSA) is 78.7 Å². The van der Waals surface area contributed by atoms with Crippen molar-refractivity contribution in [3.05, 3.63) is 62.2 Å². The number of rotatable bonds is 1. The van der Waals surface area contributed by atoms with E-state index in [1.165, 1.54) is 6.07 Å². The van der Waals surface area contributed by atoms with E-state index in [0.29, 0.717) is 22.9 Å². The van der Waals surface area contributed by atoms with Crippen LogP contribution in [0.1, 0.15) is 5.56 Å². The molecular weight excluding hydrogens is 263 g/mol. The summed E-state index contributed by atoms with van der Waals surface area (Å²) in [5.74, 6) is -3.51. The predicted octanol–water partition coefficient (Wildman–Crippen LogP) is 0.815. The van der Waals surface area contributed by atoms with E-state index in [1.807, 2.05) is 0 Å². The Balaban J connectivity index is 2.77. The number of H-pyrrole nitrogens is 1. The van der Waals surface area contributed by atoms with Gasteiger partial charge in [0.05, 0.1) is 17.4 Å². The van der Waals surface area contributed by atoms with Crippen LogP contribution < -0.4 is 11.2 Å². The summed E-state index contributed by atoms with van der Waals surface area (Å²) >= 11 is 0. The fraction of sp³-hybridized carbons (Fsp3) is 0. The molecule has 0 saturated carbocycles. The van der Waals surface area contributed by atoms with Crippen molar-refractivity contribution in [2.45, 2.75) is 0 Å². The molecule has 1 N–H and O–H groups in total. The number of benzene rings is 1. The van der Waals surface area contributed by atoms with Crippen LogP contribution >= 0.6 is 0 Å². The molecule has 0 aliphatic rings. The zero-order valence-corrected chi connectivity index (χ0v) is 9.08. The Labute approximate surface area is 103 Å². The molecule has 96 valence electrons. The highest BCUT2D eigenvalue weighted by Crippen LogP contribution is 2.16. The molecule has 0 saturated heterocycles. The summed E-state index contributed by atoms with van der Waals surface area (Å²) < 4.78 is 40.4. The van der Waals surface area contributed by atoms with Crippen LogP contribution in [-0.2, 0) is 0 Å². The first-order valence-corrected chi connectivity index (χ1v) is 4.85. The molecule has 8 heteroatoms. The molecule has 0 bridgehead atoms. The third-order valence-electron chi connectivity index (χ3n) is 2.32. The van der Waals surface area contributed by atoms with Gasteiger partial charge in [-0.15, -0.1) is 0 Å². The third-order valence-corrected chi connectivity index (χ3v) is 2.32. The maximum Gasteiger partial charge on any atom is 0.333 e. The first-order chi connectivity index (χ1) is 8.93. The third kappa shape index (κ3) is 2.13. The summed E-state index contributed by atoms with van der Waals surface area (Å²) in [6, 6.07) is 2.55. The van der Waals surface area contributed by atoms with Gasteiger partial charge in [-0.2, -0.15) is 9.65 Å². The Hall–Kier alpha value is -2.82. The summed E-state index contributed by atoms with van der Waals surface area (Å²) in [5.41, 5.74) is -3.57. The van der Waals surface area contributed by atoms with E-state index in [1.54, 1.807) is 4.98 Å². The van der Waals surface area contributed by atoms with Crippen molar-refractivity contribution in [1.82, 2.24) is 9.55 Å². The summed E-state index contributed by atoms with van der Waals surface area (Å²) in [4.78, 5) is 23.8. The SMILES string of the molecule is N#Cc1cc(F)c(-n2cc(F)c(=O)[nH]c2=O)cc1F. The Morgan fingerprint density at radius 2 is 1.79 bits per heavy atom. The van der Waals surface area contributed by atoms with E-state index >= 15 is 0 Å². The smallest absolute Gasteiger partial charge is 0.271 e. The van der Waals surface area contributed by atoms with Gasteiger partial charge in [0.2, 0.25) is 5.82 Å². The summed E-state index contributed by atoms with van der Waals surface area (Å²) in [6.07, 6.45) is 0.436. The van der Waals surface area contributed by atoms with E-state index < -0.39 is 40.0 Å². The van der Waals surface area contributed by atoms with Crippen LogP contribution in [-0.4, -0.2) is 9.55 Å². The van der Waals surface area contributed by atoms with Crippen molar-refractivity contribution < 1.29 is 13.2 Å². The number of nitrogens with zero attached hydrogens (tertiary/aromatic N) is 2. The van der Waals surface area contributed by atoms with Crippen molar-refractivity contribution in [1.29, 1.82) is 5.26 Å². The Kier molecular flexibility index (Phi) is 2.96. The lowest BCUT2D eigenvalue weighted by atomic mass is 10.2. The molecule has 0 spiro atoms. The zero-order valence-electron chi connectivity index (χ0n) is 9.08. The van der Waals surface area contributed by atoms with E-state index in [4.69, 9.17) is 5.26 Å². The van der Waals surface area contributed by atoms with Crippen LogP contribution in [0, 0.1) is 28.8 Å². The molecule has 0 aliphatic carbocycles. The molecule has 1 aromatic heterocycles. The van der Waals surface area contributed by atoms with E-state index in [-0.39, 0.29) is 0 Å². The number of aromatic amines is 1. The summed E-state index contributed by atoms with van der Waals surface area (Å²) in [6.45, 7) is 0. The first-order valence-electron chi connectivity index (χ1n) is 4.85. The fourth-order valence-corrected chi connectivity index (χ4v) is 1.43. The molecular formula is C11H4F3N3O2. The second kappa shape index (κ2) is 4.45. The minimum Gasteiger partial charge on any atom is -0.271 e. The second-order valence-electron chi connectivity index (χ2n) is 3.50. The Morgan fingerprint density at radius 1 is 1.11 bits per heavy atom. The van der Waals surface area contributed by atoms with Crippen molar-refractivity contribution >= 4 is 0 Å². The van der Waals surface area contributed by atoms with Gasteiger partial charge >= 0.3 is 5.69 Å². The molecule has 0 unspecified atom stereocenters. The van der Waals surface area contributed by atoms with Gasteiger partial charge in [0, 0.05) is 6.07 Å². The lowest BCUT2D eigenvalue weighted by Gasteiger charge is -2.07. The van der Waals surface area contributed by atoms with Gasteiger partial charge in [0.25, 0.3) is 5.56 Å². The second-order valence-corrected chi connectivity index (χ2v) is 3.50. The van der Waals surface area contributed by atoms with Gasteiger partial charge in [0.1, 0.15) is 17.7 Å². The Bertz CT molecular complexity index is 817. The highest BCUT2D eigenvalue weighted by atomic mass is 19.1. The van der Waals surface area contributed by atoms with E-state index in [0.717, 1.165) is 0 Å². The number of hydrogen-bond acceptors (Lipinski definition) is 3. The maximum absolute atomic E-state index is 13.6. The molecule has 0 atom stereocenters. The zero-order chi connectivity index (χ0) is 14.2. The van der Waals surface area contributed by atoms with Gasteiger partial charge in [-0.1, -0.05) is 0 Å². The quantitative estimate of drug-likeness (QED) is 0.830. The summed E-state index contributed by atoms with van der Waals surface area (Å²) in [7, 11) is 0. The van der Waals surface area contributed by atoms with Crippen molar-refractivity contribution in [2.24, 2.45) is 0 Å². The largest absolute Gasteiger partial charge is 0.333 e. The minimum absolute atomic E-state index is 0.399. The fourth-order valence-electron chi connectivity index (χ4n) is 1.43. The first kappa shape index (κ1) is 12.6.